The Hall–Kier alpha value is -3.15. The van der Waals surface area contributed by atoms with Gasteiger partial charge in [-0.1, -0.05) is 81.3 Å². The third kappa shape index (κ3) is 8.17. The van der Waals surface area contributed by atoms with Crippen LogP contribution in [0.15, 0.2) is 54.6 Å². The number of amides is 1. The van der Waals surface area contributed by atoms with Crippen LogP contribution in [0, 0.1) is 11.8 Å². The highest BCUT2D eigenvalue weighted by Gasteiger charge is 2.24. The van der Waals surface area contributed by atoms with Crippen molar-refractivity contribution in [2.24, 2.45) is 11.8 Å². The van der Waals surface area contributed by atoms with E-state index < -0.39 is 29.8 Å². The van der Waals surface area contributed by atoms with Gasteiger partial charge in [-0.2, -0.15) is 0 Å². The Morgan fingerprint density at radius 2 is 1.53 bits per heavy atom. The first kappa shape index (κ1) is 25.1. The van der Waals surface area contributed by atoms with Gasteiger partial charge in [0.05, 0.1) is 11.8 Å². The topological polar surface area (TPSA) is 104 Å². The van der Waals surface area contributed by atoms with Crippen LogP contribution in [0.3, 0.4) is 0 Å². The third-order valence-corrected chi connectivity index (χ3v) is 5.66. The van der Waals surface area contributed by atoms with E-state index in [1.165, 1.54) is 0 Å². The molecular formula is C26H33NO5. The molecule has 0 bridgehead atoms. The largest absolute Gasteiger partial charge is 0.481 e. The van der Waals surface area contributed by atoms with Crippen LogP contribution in [-0.4, -0.2) is 34.1 Å². The number of carboxylic acids is 2. The van der Waals surface area contributed by atoms with E-state index in [0.717, 1.165) is 29.5 Å². The molecule has 32 heavy (non-hydrogen) atoms. The van der Waals surface area contributed by atoms with E-state index in [2.05, 4.69) is 5.32 Å². The maximum atomic E-state index is 12.6. The summed E-state index contributed by atoms with van der Waals surface area (Å²) in [5, 5.41) is 21.6. The van der Waals surface area contributed by atoms with E-state index in [1.807, 2.05) is 61.5 Å². The fraction of sp³-hybridized carbons (Fsp3) is 0.423. The second-order valence-electron chi connectivity index (χ2n) is 8.39. The highest BCUT2D eigenvalue weighted by Crippen LogP contribution is 2.21. The first-order valence-electron chi connectivity index (χ1n) is 11.2. The quantitative estimate of drug-likeness (QED) is 0.417. The van der Waals surface area contributed by atoms with Gasteiger partial charge < -0.3 is 15.5 Å². The van der Waals surface area contributed by atoms with Gasteiger partial charge in [0.2, 0.25) is 5.91 Å². The lowest BCUT2D eigenvalue weighted by Gasteiger charge is -2.22. The van der Waals surface area contributed by atoms with Crippen molar-refractivity contribution in [3.63, 3.8) is 0 Å². The van der Waals surface area contributed by atoms with Gasteiger partial charge in [0, 0.05) is 12.5 Å². The van der Waals surface area contributed by atoms with E-state index in [1.54, 1.807) is 6.92 Å². The molecule has 1 unspecified atom stereocenters. The first-order valence-corrected chi connectivity index (χ1v) is 11.2. The van der Waals surface area contributed by atoms with Gasteiger partial charge in [-0.15, -0.1) is 0 Å². The van der Waals surface area contributed by atoms with Crippen LogP contribution in [0.4, 0.5) is 0 Å². The minimum atomic E-state index is -0.972. The van der Waals surface area contributed by atoms with Crippen molar-refractivity contribution in [3.05, 3.63) is 60.2 Å². The molecule has 172 valence electrons. The van der Waals surface area contributed by atoms with Gasteiger partial charge in [-0.3, -0.25) is 14.4 Å². The number of hydrogen-bond donors (Lipinski definition) is 3. The summed E-state index contributed by atoms with van der Waals surface area (Å²) in [6.45, 7) is 3.59. The average Bonchev–Trinajstić information content (AvgIpc) is 2.77. The summed E-state index contributed by atoms with van der Waals surface area (Å²) in [6.07, 6.45) is 2.72. The lowest BCUT2D eigenvalue weighted by molar-refractivity contribution is -0.144. The first-order chi connectivity index (χ1) is 15.3. The van der Waals surface area contributed by atoms with E-state index in [0.29, 0.717) is 12.8 Å². The summed E-state index contributed by atoms with van der Waals surface area (Å²) in [5.41, 5.74) is 3.16. The summed E-state index contributed by atoms with van der Waals surface area (Å²) in [7, 11) is 0. The van der Waals surface area contributed by atoms with Crippen LogP contribution in [0.25, 0.3) is 11.1 Å². The predicted molar refractivity (Wildman–Crippen MR) is 124 cm³/mol. The summed E-state index contributed by atoms with van der Waals surface area (Å²) >= 11 is 0. The van der Waals surface area contributed by atoms with Crippen molar-refractivity contribution in [3.8, 4) is 11.1 Å². The number of carbonyl (C=O) groups excluding carboxylic acids is 1. The van der Waals surface area contributed by atoms with Crippen LogP contribution in [-0.2, 0) is 20.8 Å². The summed E-state index contributed by atoms with van der Waals surface area (Å²) < 4.78 is 0. The number of rotatable bonds is 13. The molecule has 0 aromatic heterocycles. The van der Waals surface area contributed by atoms with Crippen LogP contribution >= 0.6 is 0 Å². The Kier molecular flexibility index (Phi) is 9.92. The lowest BCUT2D eigenvalue weighted by Crippen LogP contribution is -2.40. The fourth-order valence-corrected chi connectivity index (χ4v) is 3.74. The maximum absolute atomic E-state index is 12.6. The van der Waals surface area contributed by atoms with E-state index in [9.17, 15) is 24.6 Å². The maximum Gasteiger partial charge on any atom is 0.307 e. The van der Waals surface area contributed by atoms with E-state index in [-0.39, 0.29) is 18.7 Å². The molecule has 6 nitrogen and oxygen atoms in total. The number of aliphatic carboxylic acids is 2. The normalized spacial score (nSPS) is 13.7. The molecule has 2 aromatic rings. The molecule has 0 aliphatic heterocycles. The van der Waals surface area contributed by atoms with Crippen molar-refractivity contribution in [1.29, 1.82) is 0 Å². The van der Waals surface area contributed by atoms with Crippen LogP contribution < -0.4 is 5.32 Å². The Morgan fingerprint density at radius 3 is 2.09 bits per heavy atom. The van der Waals surface area contributed by atoms with E-state index >= 15 is 0 Å². The molecular weight excluding hydrogens is 406 g/mol. The van der Waals surface area contributed by atoms with Crippen molar-refractivity contribution in [1.82, 2.24) is 5.32 Å². The van der Waals surface area contributed by atoms with Gasteiger partial charge in [0.1, 0.15) is 0 Å². The molecule has 0 aliphatic carbocycles. The zero-order chi connectivity index (χ0) is 23.5. The average molecular weight is 440 g/mol. The third-order valence-electron chi connectivity index (χ3n) is 5.66. The minimum absolute atomic E-state index is 0.0970. The Balaban J connectivity index is 2.08. The standard InChI is InChI=1S/C26H33NO5/c1-3-4-8-22(26(31)32)17-24(28)27-23(15-18(2)25(29)30)16-19-11-13-21(14-12-19)20-9-6-5-7-10-20/h5-7,9-14,18,22-23H,3-4,8,15-17H2,1-2H3,(H,27,28)(H,29,30)(H,31,32)/t18-,22?,23+/m1/s1. The molecule has 0 radical (unpaired) electrons. The van der Waals surface area contributed by atoms with Gasteiger partial charge in [0.25, 0.3) is 0 Å². The monoisotopic (exact) mass is 439 g/mol. The van der Waals surface area contributed by atoms with Crippen LogP contribution in [0.5, 0.6) is 0 Å². The van der Waals surface area contributed by atoms with Crippen LogP contribution in [0.2, 0.25) is 0 Å². The fourth-order valence-electron chi connectivity index (χ4n) is 3.74. The van der Waals surface area contributed by atoms with Gasteiger partial charge in [0.15, 0.2) is 0 Å². The van der Waals surface area contributed by atoms with Crippen molar-refractivity contribution >= 4 is 17.8 Å². The molecule has 6 heteroatoms. The van der Waals surface area contributed by atoms with Crippen molar-refractivity contribution in [2.75, 3.05) is 0 Å². The Labute approximate surface area is 189 Å². The summed E-state index contributed by atoms with van der Waals surface area (Å²) in [4.78, 5) is 35.4. The number of nitrogens with one attached hydrogen (secondary N) is 1. The molecule has 2 rings (SSSR count). The van der Waals surface area contributed by atoms with Gasteiger partial charge in [-0.05, 0) is 36.0 Å². The molecule has 0 saturated carbocycles. The number of carbonyl (C=O) groups is 3. The SMILES string of the molecule is CCCCC(CC(=O)N[C@H](Cc1ccc(-c2ccccc2)cc1)C[C@@H](C)C(=O)O)C(=O)O. The molecule has 2 aromatic carbocycles. The minimum Gasteiger partial charge on any atom is -0.481 e. The predicted octanol–water partition coefficient (Wildman–Crippen LogP) is 4.77. The molecule has 3 N–H and O–H groups in total. The highest BCUT2D eigenvalue weighted by molar-refractivity contribution is 5.82. The second-order valence-corrected chi connectivity index (χ2v) is 8.39. The molecule has 0 saturated heterocycles. The molecule has 0 spiro atoms. The number of carboxylic acid groups (broad SMARTS) is 2. The van der Waals surface area contributed by atoms with Gasteiger partial charge in [-0.25, -0.2) is 0 Å². The second kappa shape index (κ2) is 12.6. The molecule has 3 atom stereocenters. The summed E-state index contributed by atoms with van der Waals surface area (Å²) in [6, 6.07) is 17.6. The smallest absolute Gasteiger partial charge is 0.307 e. The molecule has 0 aliphatic rings. The molecule has 0 fully saturated rings. The van der Waals surface area contributed by atoms with Crippen molar-refractivity contribution < 1.29 is 24.6 Å². The van der Waals surface area contributed by atoms with Gasteiger partial charge >= 0.3 is 11.9 Å². The number of unbranched alkanes of at least 4 members (excludes halogenated alkanes) is 1. The molecule has 1 amide bonds. The number of benzene rings is 2. The summed E-state index contributed by atoms with van der Waals surface area (Å²) in [5.74, 6) is -3.59. The van der Waals surface area contributed by atoms with Crippen molar-refractivity contribution in [2.45, 2.75) is 58.4 Å². The Morgan fingerprint density at radius 1 is 0.906 bits per heavy atom. The number of hydrogen-bond acceptors (Lipinski definition) is 3. The van der Waals surface area contributed by atoms with Crippen LogP contribution in [0.1, 0.15) is 51.5 Å². The lowest BCUT2D eigenvalue weighted by atomic mass is 9.94. The van der Waals surface area contributed by atoms with E-state index in [4.69, 9.17) is 0 Å². The zero-order valence-electron chi connectivity index (χ0n) is 18.8. The molecule has 0 heterocycles. The zero-order valence-corrected chi connectivity index (χ0v) is 18.8. The highest BCUT2D eigenvalue weighted by atomic mass is 16.4. The Bertz CT molecular complexity index is 879.